The molecule has 3 aliphatic rings. The summed E-state index contributed by atoms with van der Waals surface area (Å²) in [7, 11) is 1.57. The number of hydrogen-bond donors (Lipinski definition) is 8. The predicted molar refractivity (Wildman–Crippen MR) is 186 cm³/mol. The summed E-state index contributed by atoms with van der Waals surface area (Å²) in [6.07, 6.45) is -9.93. The summed E-state index contributed by atoms with van der Waals surface area (Å²) >= 11 is 0. The summed E-state index contributed by atoms with van der Waals surface area (Å²) in [5, 5.41) is 44.7. The van der Waals surface area contributed by atoms with Crippen LogP contribution in [0, 0.1) is 0 Å². The summed E-state index contributed by atoms with van der Waals surface area (Å²) < 4.78 is 40.8. The highest BCUT2D eigenvalue weighted by Crippen LogP contribution is 2.33. The number of ether oxygens (including phenoxy) is 7. The minimum atomic E-state index is -1.55. The van der Waals surface area contributed by atoms with Crippen LogP contribution in [0.2, 0.25) is 0 Å². The quantitative estimate of drug-likeness (QED) is 0.151. The Kier molecular flexibility index (Phi) is 14.6. The van der Waals surface area contributed by atoms with E-state index in [4.69, 9.17) is 38.9 Å². The molecule has 3 rings (SSSR count). The monoisotopic (exact) mass is 749 g/mol. The number of carbonyl (C=O) groups is 3. The second kappa shape index (κ2) is 17.3. The van der Waals surface area contributed by atoms with E-state index in [-0.39, 0.29) is 19.6 Å². The SMILES string of the molecule is CN[C@@H]1C(O)[C@@H](OC2C(O)C(O[C@H]3O[C@H](CNC(=O)OC(C)(C)C)CCC3NC(=O)OC(C)(C)C)[C@@H](NC(=O)OC(C)(C)C)C[C@H]2N)OCC1(C)O. The zero-order valence-corrected chi connectivity index (χ0v) is 32.4. The van der Waals surface area contributed by atoms with Crippen LogP contribution in [0.15, 0.2) is 0 Å². The maximum atomic E-state index is 13.0. The van der Waals surface area contributed by atoms with Crippen LogP contribution in [0.5, 0.6) is 0 Å². The lowest BCUT2D eigenvalue weighted by Crippen LogP contribution is -2.69. The topological polar surface area (TPSA) is 251 Å². The molecule has 0 aromatic carbocycles. The number of carbonyl (C=O) groups excluding carboxylic acids is 3. The molecule has 0 aromatic rings. The van der Waals surface area contributed by atoms with Gasteiger partial charge in [-0.1, -0.05) is 0 Å². The van der Waals surface area contributed by atoms with E-state index in [1.54, 1.807) is 69.4 Å². The molecule has 302 valence electrons. The first-order valence-corrected chi connectivity index (χ1v) is 17.8. The molecule has 2 saturated heterocycles. The molecule has 3 fully saturated rings. The summed E-state index contributed by atoms with van der Waals surface area (Å²) in [4.78, 5) is 38.3. The third-order valence-corrected chi connectivity index (χ3v) is 8.47. The zero-order valence-electron chi connectivity index (χ0n) is 32.4. The van der Waals surface area contributed by atoms with Gasteiger partial charge in [-0.25, -0.2) is 14.4 Å². The maximum Gasteiger partial charge on any atom is 0.408 e. The van der Waals surface area contributed by atoms with Gasteiger partial charge in [0.1, 0.15) is 46.8 Å². The minimum Gasteiger partial charge on any atom is -0.444 e. The zero-order chi connectivity index (χ0) is 39.4. The van der Waals surface area contributed by atoms with Crippen molar-refractivity contribution in [1.82, 2.24) is 21.3 Å². The van der Waals surface area contributed by atoms with Gasteiger partial charge in [0.05, 0.1) is 30.8 Å². The van der Waals surface area contributed by atoms with Gasteiger partial charge in [-0.3, -0.25) is 0 Å². The fourth-order valence-electron chi connectivity index (χ4n) is 6.31. The van der Waals surface area contributed by atoms with E-state index < -0.39 is 108 Å². The Balaban J connectivity index is 1.90. The van der Waals surface area contributed by atoms with Gasteiger partial charge in [0.2, 0.25) is 0 Å². The normalized spacial score (nSPS) is 35.9. The highest BCUT2D eigenvalue weighted by molar-refractivity contribution is 5.69. The molecule has 1 saturated carbocycles. The second-order valence-electron chi connectivity index (χ2n) is 17.0. The van der Waals surface area contributed by atoms with Gasteiger partial charge in [0.25, 0.3) is 0 Å². The Morgan fingerprint density at radius 3 is 1.85 bits per heavy atom. The number of nitrogens with two attached hydrogens (primary N) is 1. The third kappa shape index (κ3) is 13.1. The number of nitrogens with one attached hydrogen (secondary N) is 4. The van der Waals surface area contributed by atoms with E-state index in [1.807, 2.05) is 0 Å². The molecule has 18 heteroatoms. The van der Waals surface area contributed by atoms with Gasteiger partial charge in [-0.2, -0.15) is 0 Å². The fourth-order valence-corrected chi connectivity index (χ4v) is 6.31. The lowest BCUT2D eigenvalue weighted by atomic mass is 9.83. The van der Waals surface area contributed by atoms with Crippen LogP contribution in [-0.4, -0.2) is 143 Å². The molecule has 0 spiro atoms. The van der Waals surface area contributed by atoms with Crippen molar-refractivity contribution in [2.75, 3.05) is 20.2 Å². The number of aliphatic hydroxyl groups excluding tert-OH is 2. The number of alkyl carbamates (subject to hydrolysis) is 3. The Morgan fingerprint density at radius 2 is 1.31 bits per heavy atom. The number of likely N-dealkylation sites (N-methyl/N-ethyl adjacent to an activating group) is 1. The first kappa shape index (κ1) is 43.9. The lowest BCUT2D eigenvalue weighted by Gasteiger charge is -2.49. The van der Waals surface area contributed by atoms with Crippen LogP contribution in [0.25, 0.3) is 0 Å². The van der Waals surface area contributed by atoms with Crippen molar-refractivity contribution in [3.05, 3.63) is 0 Å². The van der Waals surface area contributed by atoms with Gasteiger partial charge < -0.3 is 75.5 Å². The van der Waals surface area contributed by atoms with Crippen molar-refractivity contribution in [1.29, 1.82) is 0 Å². The van der Waals surface area contributed by atoms with Crippen molar-refractivity contribution in [2.45, 2.75) is 178 Å². The summed E-state index contributed by atoms with van der Waals surface area (Å²) in [5.74, 6) is 0. The second-order valence-corrected chi connectivity index (χ2v) is 17.0. The van der Waals surface area contributed by atoms with Crippen molar-refractivity contribution in [3.63, 3.8) is 0 Å². The van der Waals surface area contributed by atoms with Crippen molar-refractivity contribution < 1.29 is 62.9 Å². The number of amides is 3. The number of rotatable bonds is 9. The van der Waals surface area contributed by atoms with E-state index in [1.165, 1.54) is 6.92 Å². The molecule has 9 N–H and O–H groups in total. The van der Waals surface area contributed by atoms with Crippen LogP contribution in [0.4, 0.5) is 14.4 Å². The molecule has 2 aliphatic heterocycles. The molecule has 0 radical (unpaired) electrons. The molecular formula is C34H63N5O13. The molecule has 0 aromatic heterocycles. The molecule has 6 unspecified atom stereocenters. The summed E-state index contributed by atoms with van der Waals surface area (Å²) in [6.45, 7) is 16.8. The average Bonchev–Trinajstić information content (AvgIpc) is 2.95. The van der Waals surface area contributed by atoms with E-state index >= 15 is 0 Å². The van der Waals surface area contributed by atoms with Crippen molar-refractivity contribution in [3.8, 4) is 0 Å². The molecule has 2 heterocycles. The first-order valence-electron chi connectivity index (χ1n) is 17.8. The highest BCUT2D eigenvalue weighted by atomic mass is 16.7. The van der Waals surface area contributed by atoms with Gasteiger partial charge in [0, 0.05) is 12.6 Å². The Labute approximate surface area is 306 Å². The first-order chi connectivity index (χ1) is 23.8. The largest absolute Gasteiger partial charge is 0.444 e. The van der Waals surface area contributed by atoms with Crippen LogP contribution in [0.1, 0.15) is 88.5 Å². The maximum absolute atomic E-state index is 13.0. The number of aliphatic hydroxyl groups is 3. The van der Waals surface area contributed by atoms with Crippen LogP contribution in [0.3, 0.4) is 0 Å². The third-order valence-electron chi connectivity index (χ3n) is 8.47. The molecule has 0 bridgehead atoms. The molecular weight excluding hydrogens is 686 g/mol. The van der Waals surface area contributed by atoms with Crippen LogP contribution >= 0.6 is 0 Å². The Hall–Kier alpha value is -2.55. The smallest absolute Gasteiger partial charge is 0.408 e. The molecule has 3 amide bonds. The minimum absolute atomic E-state index is 0.0160. The highest BCUT2D eigenvalue weighted by Gasteiger charge is 2.52. The summed E-state index contributed by atoms with van der Waals surface area (Å²) in [5.41, 5.74) is 2.75. The molecule has 52 heavy (non-hydrogen) atoms. The van der Waals surface area contributed by atoms with Crippen LogP contribution < -0.4 is 27.0 Å². The average molecular weight is 750 g/mol. The Morgan fingerprint density at radius 1 is 0.788 bits per heavy atom. The molecule has 12 atom stereocenters. The standard InChI is InChI=1S/C34H63N5O13/c1-31(2,3)50-28(42)37-15-17-12-13-19(38-29(43)51-32(4,5)6)26(47-17)49-24-20(39-30(44)52-33(7,8)9)14-18(35)23(21(24)40)48-27-22(41)25(36-11)34(10,45)16-46-27/h17-27,36,40-41,45H,12-16,35H2,1-11H3,(H,37,42)(H,38,43)(H,39,44)/t17-,18+,19?,20-,21?,22?,23?,24?,25+,26+,27+,34?/m0/s1. The predicted octanol–water partition coefficient (Wildman–Crippen LogP) is 0.721. The molecule has 18 nitrogen and oxygen atoms in total. The van der Waals surface area contributed by atoms with Gasteiger partial charge >= 0.3 is 18.3 Å². The summed E-state index contributed by atoms with van der Waals surface area (Å²) in [6, 6.07) is -3.49. The van der Waals surface area contributed by atoms with E-state index in [0.717, 1.165) is 0 Å². The van der Waals surface area contributed by atoms with E-state index in [2.05, 4.69) is 21.3 Å². The van der Waals surface area contributed by atoms with Crippen molar-refractivity contribution >= 4 is 18.3 Å². The Bertz CT molecular complexity index is 1200. The van der Waals surface area contributed by atoms with E-state index in [9.17, 15) is 29.7 Å². The number of hydrogen-bond acceptors (Lipinski definition) is 15. The lowest BCUT2D eigenvalue weighted by molar-refractivity contribution is -0.307. The van der Waals surface area contributed by atoms with Gasteiger partial charge in [-0.05, 0) is 95.5 Å². The van der Waals surface area contributed by atoms with E-state index in [0.29, 0.717) is 12.8 Å². The molecule has 1 aliphatic carbocycles. The van der Waals surface area contributed by atoms with Gasteiger partial charge in [-0.15, -0.1) is 0 Å². The van der Waals surface area contributed by atoms with Crippen molar-refractivity contribution in [2.24, 2.45) is 5.73 Å². The fraction of sp³-hybridized carbons (Fsp3) is 0.912. The van der Waals surface area contributed by atoms with Gasteiger partial charge in [0.15, 0.2) is 12.6 Å². The van der Waals surface area contributed by atoms with Crippen LogP contribution in [-0.2, 0) is 33.2 Å².